The van der Waals surface area contributed by atoms with Gasteiger partial charge in [0.05, 0.1) is 81.0 Å². The Kier molecular flexibility index (Phi) is 58.5. The minimum Gasteiger partial charge on any atom is -0.506 e. The molecule has 142 heavy (non-hydrogen) atoms. The number of hydrogen-bond acceptors (Lipinski definition) is 32. The Morgan fingerprint density at radius 1 is 0.444 bits per heavy atom. The molecule has 32 nitrogen and oxygen atoms in total. The number of esters is 9. The van der Waals surface area contributed by atoms with E-state index >= 15 is 0 Å². The van der Waals surface area contributed by atoms with Crippen molar-refractivity contribution >= 4 is 160 Å². The van der Waals surface area contributed by atoms with Crippen LogP contribution in [-0.4, -0.2) is 155 Å². The first-order chi connectivity index (χ1) is 68.1. The number of alkyl halides is 1. The number of carbonyl (C=O) groups excluding carboxylic acids is 12. The van der Waals surface area contributed by atoms with Crippen LogP contribution in [0.15, 0.2) is 218 Å². The SMILES string of the molecule is C=CC(=O)OCc1ccccc1.CCOC(=O)C(CC)(CCC(=O)O)c1csc(Nc2ccccc2O)n1.CCOC(=O)C(CC)(CCC(=O)OCc1ccccc1)C(=O)CBr.CCOC(=O)C(CC)(CCC(=O)OCc1ccccc1)C(C)=O.CCOC(=O)C(CC)(CCC(=O)OCc1ccccc1)c1csc(Nc2ccccc2OC)n1.CCOC(=O)C(CC)C(C)=O.COc1ccccc1NC(N)=S. The number of thiazole rings is 2. The lowest BCUT2D eigenvalue weighted by molar-refractivity contribution is -0.163. The van der Waals surface area contributed by atoms with E-state index in [2.05, 4.69) is 43.4 Å². The van der Waals surface area contributed by atoms with Crippen LogP contribution in [0.25, 0.3) is 0 Å². The Hall–Kier alpha value is -13.6. The van der Waals surface area contributed by atoms with Gasteiger partial charge in [-0.05, 0) is 177 Å². The van der Waals surface area contributed by atoms with Crippen molar-refractivity contribution in [1.82, 2.24) is 9.97 Å². The maximum Gasteiger partial charge on any atom is 0.330 e. The number of anilines is 5. The molecule has 0 amide bonds. The zero-order valence-corrected chi connectivity index (χ0v) is 87.1. The quantitative estimate of drug-likeness (QED) is 0.00392. The third-order valence-electron chi connectivity index (χ3n) is 21.9. The Balaban J connectivity index is 0.000000441. The van der Waals surface area contributed by atoms with Crippen molar-refractivity contribution in [2.45, 2.75) is 204 Å². The minimum atomic E-state index is -1.30. The summed E-state index contributed by atoms with van der Waals surface area (Å²) >= 11 is 10.5. The summed E-state index contributed by atoms with van der Waals surface area (Å²) in [6, 6.07) is 59.4. The van der Waals surface area contributed by atoms with Gasteiger partial charge in [0.25, 0.3) is 0 Å². The lowest BCUT2D eigenvalue weighted by Gasteiger charge is -2.28. The van der Waals surface area contributed by atoms with Gasteiger partial charge >= 0.3 is 59.7 Å². The fourth-order valence-corrected chi connectivity index (χ4v) is 15.9. The Bertz CT molecular complexity index is 5420. The molecular weight excluding hydrogens is 1950 g/mol. The Morgan fingerprint density at radius 3 is 1.14 bits per heavy atom. The molecule has 5 atom stereocenters. The second-order valence-electron chi connectivity index (χ2n) is 30.9. The predicted molar refractivity (Wildman–Crippen MR) is 552 cm³/mol. The number of aliphatic carboxylic acids is 1. The lowest BCUT2D eigenvalue weighted by atomic mass is 9.77. The number of aromatic nitrogens is 2. The summed E-state index contributed by atoms with van der Waals surface area (Å²) in [6.07, 6.45) is 3.51. The third-order valence-corrected chi connectivity index (χ3v) is 24.0. The highest BCUT2D eigenvalue weighted by molar-refractivity contribution is 9.09. The molecule has 0 fully saturated rings. The number of rotatable bonds is 49. The first kappa shape index (κ1) is 123. The van der Waals surface area contributed by atoms with Crippen LogP contribution < -0.4 is 31.2 Å². The molecule has 0 radical (unpaired) electrons. The van der Waals surface area contributed by atoms with Crippen LogP contribution in [0.2, 0.25) is 0 Å². The van der Waals surface area contributed by atoms with Gasteiger partial charge < -0.3 is 84.0 Å². The number of carboxylic acids is 1. The van der Waals surface area contributed by atoms with Gasteiger partial charge in [-0.25, -0.2) is 14.8 Å². The molecule has 0 aliphatic heterocycles. The molecule has 0 bridgehead atoms. The summed E-state index contributed by atoms with van der Waals surface area (Å²) in [5.41, 5.74) is 7.37. The minimum absolute atomic E-state index is 0.000925. The Morgan fingerprint density at radius 2 is 0.789 bits per heavy atom. The maximum absolute atomic E-state index is 13.1. The largest absolute Gasteiger partial charge is 0.506 e. The molecule has 0 spiro atoms. The molecule has 7 N–H and O–H groups in total. The first-order valence-corrected chi connectivity index (χ1v) is 49.6. The number of carbonyl (C=O) groups is 13. The number of ether oxygens (including phenoxy) is 11. The van der Waals surface area contributed by atoms with E-state index in [-0.39, 0.29) is 155 Å². The highest BCUT2D eigenvalue weighted by Gasteiger charge is 2.47. The van der Waals surface area contributed by atoms with Gasteiger partial charge in [0.15, 0.2) is 21.2 Å². The van der Waals surface area contributed by atoms with Gasteiger partial charge in [-0.2, -0.15) is 0 Å². The van der Waals surface area contributed by atoms with E-state index < -0.39 is 69.4 Å². The van der Waals surface area contributed by atoms with Crippen LogP contribution in [-0.2, 0) is 142 Å². The lowest BCUT2D eigenvalue weighted by Crippen LogP contribution is -2.41. The number of benzene rings is 7. The maximum atomic E-state index is 13.1. The summed E-state index contributed by atoms with van der Waals surface area (Å²) in [6.45, 7) is 25.7. The van der Waals surface area contributed by atoms with E-state index in [1.165, 1.54) is 36.5 Å². The fraction of sp³-hybridized carbons (Fsp3) is 0.396. The van der Waals surface area contributed by atoms with Crippen molar-refractivity contribution in [3.8, 4) is 17.2 Å². The van der Waals surface area contributed by atoms with Crippen LogP contribution in [0.1, 0.15) is 200 Å². The fourth-order valence-electron chi connectivity index (χ4n) is 13.6. The second-order valence-corrected chi connectivity index (χ2v) is 33.6. The van der Waals surface area contributed by atoms with Crippen LogP contribution in [0.3, 0.4) is 0 Å². The number of thiocarbonyl (C=S) groups is 1. The standard InChI is InChI=1S/C26H30N2O5S.C18H23BrO5.C18H22N2O5S.C18H24O5.C10H10O2.C8H10N2OS.C8H14O3/c1-4-26(24(30)32-5-2,16-15-23(29)33-17-19-11-7-6-8-12-19)22-18-34-25(28-22)27-20-13-9-10-14-21(20)31-3;1-3-18(15(20)12-19,17(22)23-4-2)11-10-16(21)24-13-14-8-6-5-7-9-14;1-3-18(10-9-15(22)23,16(24)25-4-2)14-11-26-17(20-14)19-12-7-5-6-8-13(12)21;1-4-18(14(3)19,17(21)22-5-2)12-11-16(20)23-13-15-9-7-6-8-10-15;1-2-10(11)12-8-9-6-4-3-5-7-9;1-11-7-5-3-2-4-6(7)10-8(9)12;1-4-7(6(3)9)8(10)11-5-2/h6-14,18H,4-5,15-17H2,1-3H3,(H,27,28);5-9H,3-4,10-13H2,1-2H3;5-8,11,21H,3-4,9-10H2,1-2H3,(H,19,20)(H,22,23);6-10H,4-5,11-13H2,1-3H3;2-7H,1,8H2;2-5H,1H3,(H3,9,10,12);7H,4-5H2,1-3H3. The van der Waals surface area contributed by atoms with Gasteiger partial charge in [-0.3, -0.25) is 57.5 Å². The molecule has 9 rings (SSSR count). The number of aromatic hydroxyl groups is 1. The molecule has 36 heteroatoms. The summed E-state index contributed by atoms with van der Waals surface area (Å²) in [5.74, 6) is -4.75. The van der Waals surface area contributed by atoms with Crippen LogP contribution >= 0.6 is 50.8 Å². The highest BCUT2D eigenvalue weighted by Crippen LogP contribution is 2.41. The number of methoxy groups -OCH3 is 2. The van der Waals surface area contributed by atoms with Gasteiger partial charge in [-0.1, -0.05) is 215 Å². The van der Waals surface area contributed by atoms with Crippen LogP contribution in [0.5, 0.6) is 17.2 Å². The molecule has 0 aliphatic rings. The zero-order chi connectivity index (χ0) is 105. The van der Waals surface area contributed by atoms with Crippen molar-refractivity contribution in [2.75, 3.05) is 68.5 Å². The average molecular weight is 2080 g/mol. The molecule has 7 aromatic carbocycles. The molecule has 2 heterocycles. The number of halogens is 1. The number of hydrogen-bond donors (Lipinski definition) is 6. The molecule has 2 aromatic heterocycles. The number of nitrogens with zero attached hydrogens (tertiary/aromatic N) is 2. The number of nitrogens with one attached hydrogen (secondary N) is 3. The van der Waals surface area contributed by atoms with E-state index in [1.807, 2.05) is 189 Å². The number of Topliss-reactive ketones (excluding diaryl/α,β-unsaturated/α-hetero) is 3. The van der Waals surface area contributed by atoms with E-state index in [0.717, 1.165) is 45.5 Å². The third kappa shape index (κ3) is 41.7. The molecule has 0 saturated heterocycles. The van der Waals surface area contributed by atoms with E-state index in [0.29, 0.717) is 72.0 Å². The topological polar surface area (TPSA) is 452 Å². The normalized spacial score (nSPS) is 12.1. The summed E-state index contributed by atoms with van der Waals surface area (Å²) in [4.78, 5) is 163. The molecule has 0 aliphatic carbocycles. The highest BCUT2D eigenvalue weighted by atomic mass is 79.9. The van der Waals surface area contributed by atoms with Gasteiger partial charge in [0.2, 0.25) is 0 Å². The molecule has 768 valence electrons. The van der Waals surface area contributed by atoms with E-state index in [4.69, 9.17) is 80.1 Å². The predicted octanol–water partition coefficient (Wildman–Crippen LogP) is 20.2. The van der Waals surface area contributed by atoms with Gasteiger partial charge in [-0.15, -0.1) is 22.7 Å². The Labute approximate surface area is 852 Å². The number of carboxylic acid groups (broad SMARTS) is 1. The van der Waals surface area contributed by atoms with Gasteiger partial charge in [0.1, 0.15) is 82.8 Å². The summed E-state index contributed by atoms with van der Waals surface area (Å²) < 4.78 is 56.5. The first-order valence-electron chi connectivity index (χ1n) is 46.3. The number of ketones is 3. The molecule has 9 aromatic rings. The van der Waals surface area contributed by atoms with Crippen LogP contribution in [0, 0.1) is 16.7 Å². The summed E-state index contributed by atoms with van der Waals surface area (Å²) in [5, 5.41) is 33.0. The van der Waals surface area contributed by atoms with Gasteiger partial charge in [0, 0.05) is 42.5 Å². The van der Waals surface area contributed by atoms with Crippen molar-refractivity contribution in [1.29, 1.82) is 0 Å². The molecular formula is C106H133BrN6O26S3. The number of phenolic OH excluding ortho intramolecular Hbond substituents is 1. The van der Waals surface area contributed by atoms with E-state index in [9.17, 15) is 67.4 Å². The molecule has 5 unspecified atom stereocenters. The smallest absolute Gasteiger partial charge is 0.330 e. The zero-order valence-electron chi connectivity index (χ0n) is 83.0. The number of nitrogens with two attached hydrogens (primary N) is 1. The van der Waals surface area contributed by atoms with Crippen molar-refractivity contribution in [3.05, 3.63) is 251 Å². The number of para-hydroxylation sites is 6. The molecule has 0 saturated carbocycles. The van der Waals surface area contributed by atoms with E-state index in [1.54, 1.807) is 99.3 Å². The second kappa shape index (κ2) is 67.7. The summed E-state index contributed by atoms with van der Waals surface area (Å²) in [7, 11) is 3.20. The van der Waals surface area contributed by atoms with Crippen molar-refractivity contribution < 1.29 is 125 Å². The van der Waals surface area contributed by atoms with Crippen molar-refractivity contribution in [2.24, 2.45) is 22.5 Å². The van der Waals surface area contributed by atoms with Crippen LogP contribution in [0.4, 0.5) is 27.3 Å². The monoisotopic (exact) mass is 2080 g/mol. The van der Waals surface area contributed by atoms with Crippen molar-refractivity contribution in [3.63, 3.8) is 0 Å². The average Bonchev–Trinajstić information content (AvgIpc) is 1.61. The number of phenols is 1.